The van der Waals surface area contributed by atoms with Crippen LogP contribution >= 0.6 is 11.6 Å². The highest BCUT2D eigenvalue weighted by Gasteiger charge is 2.07. The second-order valence-corrected chi connectivity index (χ2v) is 4.77. The first-order valence-corrected chi connectivity index (χ1v) is 6.60. The summed E-state index contributed by atoms with van der Waals surface area (Å²) in [5.41, 5.74) is 6.94. The Morgan fingerprint density at radius 1 is 1.29 bits per heavy atom. The third-order valence-electron chi connectivity index (χ3n) is 2.74. The molecule has 6 heteroatoms. The Kier molecular flexibility index (Phi) is 5.14. The fourth-order valence-corrected chi connectivity index (χ4v) is 1.88. The van der Waals surface area contributed by atoms with E-state index in [2.05, 4.69) is 5.32 Å². The molecule has 0 saturated heterocycles. The molecule has 3 N–H and O–H groups in total. The largest absolute Gasteiger partial charge is 0.397 e. The van der Waals surface area contributed by atoms with Crippen LogP contribution in [0.2, 0.25) is 5.02 Å². The first-order chi connectivity index (χ1) is 10.1. The fourth-order valence-electron chi connectivity index (χ4n) is 1.69. The minimum atomic E-state index is -0.475. The zero-order valence-electron chi connectivity index (χ0n) is 11.1. The summed E-state index contributed by atoms with van der Waals surface area (Å²) in [6, 6.07) is 11.0. The zero-order chi connectivity index (χ0) is 15.2. The molecule has 21 heavy (non-hydrogen) atoms. The number of halogens is 2. The molecule has 0 atom stereocenters. The lowest BCUT2D eigenvalue weighted by Gasteiger charge is -2.09. The first kappa shape index (κ1) is 15.3. The lowest BCUT2D eigenvalue weighted by atomic mass is 10.2. The van der Waals surface area contributed by atoms with Crippen molar-refractivity contribution in [2.75, 3.05) is 17.7 Å². The summed E-state index contributed by atoms with van der Waals surface area (Å²) in [7, 11) is 0. The number of hydrogen-bond donors (Lipinski definition) is 2. The molecular weight excluding hydrogens is 295 g/mol. The molecule has 0 aliphatic carbocycles. The Morgan fingerprint density at radius 3 is 2.81 bits per heavy atom. The standard InChI is InChI=1S/C15H14ClFN2O2/c16-12-4-2-1-3-10(12)8-21-9-15(20)19-14-7-11(17)5-6-13(14)18/h1-7H,8-9,18H2,(H,19,20). The molecule has 0 bridgehead atoms. The molecule has 0 saturated carbocycles. The maximum atomic E-state index is 13.1. The number of nitrogen functional groups attached to an aromatic ring is 1. The van der Waals surface area contributed by atoms with Crippen molar-refractivity contribution < 1.29 is 13.9 Å². The van der Waals surface area contributed by atoms with E-state index in [9.17, 15) is 9.18 Å². The Bertz CT molecular complexity index is 649. The van der Waals surface area contributed by atoms with Crippen molar-refractivity contribution in [3.8, 4) is 0 Å². The summed E-state index contributed by atoms with van der Waals surface area (Å²) in [6.07, 6.45) is 0. The van der Waals surface area contributed by atoms with E-state index in [0.717, 1.165) is 11.6 Å². The Balaban J connectivity index is 1.85. The van der Waals surface area contributed by atoms with Gasteiger partial charge in [0.2, 0.25) is 5.91 Å². The van der Waals surface area contributed by atoms with Crippen LogP contribution in [0.25, 0.3) is 0 Å². The maximum absolute atomic E-state index is 13.1. The van der Waals surface area contributed by atoms with Gasteiger partial charge in [0.05, 0.1) is 18.0 Å². The van der Waals surface area contributed by atoms with Gasteiger partial charge in [-0.3, -0.25) is 4.79 Å². The van der Waals surface area contributed by atoms with Crippen LogP contribution in [0.15, 0.2) is 42.5 Å². The topological polar surface area (TPSA) is 64.3 Å². The van der Waals surface area contributed by atoms with Crippen LogP contribution in [0.4, 0.5) is 15.8 Å². The third kappa shape index (κ3) is 4.44. The molecule has 1 amide bonds. The van der Waals surface area contributed by atoms with E-state index in [0.29, 0.717) is 5.02 Å². The highest BCUT2D eigenvalue weighted by Crippen LogP contribution is 2.19. The number of amides is 1. The molecule has 0 heterocycles. The average Bonchev–Trinajstić information content (AvgIpc) is 2.45. The quantitative estimate of drug-likeness (QED) is 0.834. The number of carbonyl (C=O) groups is 1. The number of benzene rings is 2. The molecule has 4 nitrogen and oxygen atoms in total. The van der Waals surface area contributed by atoms with Crippen molar-refractivity contribution >= 4 is 28.9 Å². The summed E-state index contributed by atoms with van der Waals surface area (Å²) >= 11 is 5.97. The van der Waals surface area contributed by atoms with Crippen LogP contribution in [-0.2, 0) is 16.1 Å². The molecule has 2 aromatic carbocycles. The van der Waals surface area contributed by atoms with Crippen molar-refractivity contribution in [1.82, 2.24) is 0 Å². The first-order valence-electron chi connectivity index (χ1n) is 6.22. The molecule has 0 spiro atoms. The lowest BCUT2D eigenvalue weighted by Crippen LogP contribution is -2.19. The van der Waals surface area contributed by atoms with Gasteiger partial charge in [0, 0.05) is 5.02 Å². The smallest absolute Gasteiger partial charge is 0.250 e. The highest BCUT2D eigenvalue weighted by atomic mass is 35.5. The molecule has 2 aromatic rings. The van der Waals surface area contributed by atoms with Gasteiger partial charge in [0.15, 0.2) is 0 Å². The number of carbonyl (C=O) groups excluding carboxylic acids is 1. The average molecular weight is 309 g/mol. The van der Waals surface area contributed by atoms with Gasteiger partial charge < -0.3 is 15.8 Å². The molecule has 110 valence electrons. The fraction of sp³-hybridized carbons (Fsp3) is 0.133. The Morgan fingerprint density at radius 2 is 2.05 bits per heavy atom. The van der Waals surface area contributed by atoms with E-state index in [1.54, 1.807) is 6.07 Å². The zero-order valence-corrected chi connectivity index (χ0v) is 11.9. The van der Waals surface area contributed by atoms with Gasteiger partial charge in [-0.25, -0.2) is 4.39 Å². The number of ether oxygens (including phenoxy) is 1. The third-order valence-corrected chi connectivity index (χ3v) is 3.11. The summed E-state index contributed by atoms with van der Waals surface area (Å²) < 4.78 is 18.3. The Labute approximate surface area is 126 Å². The predicted octanol–water partition coefficient (Wildman–Crippen LogP) is 3.22. The van der Waals surface area contributed by atoms with Gasteiger partial charge in [-0.05, 0) is 29.8 Å². The highest BCUT2D eigenvalue weighted by molar-refractivity contribution is 6.31. The number of anilines is 2. The molecule has 0 aromatic heterocycles. The van der Waals surface area contributed by atoms with E-state index in [4.69, 9.17) is 22.1 Å². The van der Waals surface area contributed by atoms with Gasteiger partial charge in [-0.15, -0.1) is 0 Å². The minimum Gasteiger partial charge on any atom is -0.397 e. The normalized spacial score (nSPS) is 10.4. The van der Waals surface area contributed by atoms with Gasteiger partial charge in [0.1, 0.15) is 12.4 Å². The van der Waals surface area contributed by atoms with Crippen LogP contribution in [0.3, 0.4) is 0 Å². The number of hydrogen-bond acceptors (Lipinski definition) is 3. The van der Waals surface area contributed by atoms with E-state index in [1.165, 1.54) is 12.1 Å². The van der Waals surface area contributed by atoms with Gasteiger partial charge in [0.25, 0.3) is 0 Å². The minimum absolute atomic E-state index is 0.179. The van der Waals surface area contributed by atoms with E-state index >= 15 is 0 Å². The second kappa shape index (κ2) is 7.06. The summed E-state index contributed by atoms with van der Waals surface area (Å²) in [6.45, 7) is 0.0346. The maximum Gasteiger partial charge on any atom is 0.250 e. The van der Waals surface area contributed by atoms with Crippen molar-refractivity contribution in [2.24, 2.45) is 0 Å². The van der Waals surface area contributed by atoms with Crippen molar-refractivity contribution in [2.45, 2.75) is 6.61 Å². The lowest BCUT2D eigenvalue weighted by molar-refractivity contribution is -0.121. The Hall–Kier alpha value is -2.11. The van der Waals surface area contributed by atoms with E-state index in [1.807, 2.05) is 18.2 Å². The molecular formula is C15H14ClFN2O2. The SMILES string of the molecule is Nc1ccc(F)cc1NC(=O)COCc1ccccc1Cl. The molecule has 0 unspecified atom stereocenters. The number of nitrogens with two attached hydrogens (primary N) is 1. The van der Waals surface area contributed by atoms with Gasteiger partial charge in [-0.2, -0.15) is 0 Å². The van der Waals surface area contributed by atoms with Crippen LogP contribution < -0.4 is 11.1 Å². The molecule has 0 aliphatic rings. The molecule has 0 radical (unpaired) electrons. The monoisotopic (exact) mass is 308 g/mol. The predicted molar refractivity (Wildman–Crippen MR) is 80.6 cm³/mol. The van der Waals surface area contributed by atoms with Gasteiger partial charge in [-0.1, -0.05) is 29.8 Å². The molecule has 0 aliphatic heterocycles. The number of rotatable bonds is 5. The second-order valence-electron chi connectivity index (χ2n) is 4.36. The van der Waals surface area contributed by atoms with Crippen molar-refractivity contribution in [3.63, 3.8) is 0 Å². The summed E-state index contributed by atoms with van der Waals surface area (Å²) in [5, 5.41) is 3.07. The van der Waals surface area contributed by atoms with Crippen LogP contribution in [0, 0.1) is 5.82 Å². The summed E-state index contributed by atoms with van der Waals surface area (Å²) in [5.74, 6) is -0.893. The van der Waals surface area contributed by atoms with E-state index in [-0.39, 0.29) is 24.6 Å². The van der Waals surface area contributed by atoms with Crippen molar-refractivity contribution in [1.29, 1.82) is 0 Å². The van der Waals surface area contributed by atoms with Crippen LogP contribution in [-0.4, -0.2) is 12.5 Å². The van der Waals surface area contributed by atoms with E-state index < -0.39 is 11.7 Å². The van der Waals surface area contributed by atoms with Crippen LogP contribution in [0.1, 0.15) is 5.56 Å². The summed E-state index contributed by atoms with van der Waals surface area (Å²) in [4.78, 5) is 11.7. The van der Waals surface area contributed by atoms with Crippen molar-refractivity contribution in [3.05, 3.63) is 58.9 Å². The molecule has 2 rings (SSSR count). The van der Waals surface area contributed by atoms with Crippen LogP contribution in [0.5, 0.6) is 0 Å². The van der Waals surface area contributed by atoms with Gasteiger partial charge >= 0.3 is 0 Å². The number of nitrogens with one attached hydrogen (secondary N) is 1. The molecule has 0 fully saturated rings.